The van der Waals surface area contributed by atoms with Gasteiger partial charge in [-0.3, -0.25) is 9.36 Å². The average molecular weight is 285 g/mol. The second-order valence-electron chi connectivity index (χ2n) is 3.63. The van der Waals surface area contributed by atoms with Crippen molar-refractivity contribution in [2.45, 2.75) is 25.8 Å². The Labute approximate surface area is 115 Å². The first-order chi connectivity index (χ1) is 8.56. The first-order valence-corrected chi connectivity index (χ1v) is 6.70. The van der Waals surface area contributed by atoms with Gasteiger partial charge in [0.1, 0.15) is 0 Å². The highest BCUT2D eigenvalue weighted by Gasteiger charge is 2.09. The van der Waals surface area contributed by atoms with Gasteiger partial charge in [0.25, 0.3) is 0 Å². The SMILES string of the molecule is C=CCC=Cc1sc(=S)n(CCCC(=O)O)c1O. The molecule has 0 atom stereocenters. The molecule has 0 saturated carbocycles. The van der Waals surface area contributed by atoms with Crippen molar-refractivity contribution < 1.29 is 15.0 Å². The van der Waals surface area contributed by atoms with E-state index in [1.807, 2.05) is 6.08 Å². The molecule has 1 aromatic rings. The standard InChI is InChI=1S/C12H15NO3S2/c1-2-3-4-6-9-11(16)13(12(17)18-9)8-5-7-10(14)15/h2,4,6,16H,1,3,5,7-8H2,(H,14,15). The molecule has 0 radical (unpaired) electrons. The summed E-state index contributed by atoms with van der Waals surface area (Å²) in [6.07, 6.45) is 6.68. The van der Waals surface area contributed by atoms with Gasteiger partial charge < -0.3 is 10.2 Å². The van der Waals surface area contributed by atoms with Crippen LogP contribution in [0.2, 0.25) is 0 Å². The molecule has 18 heavy (non-hydrogen) atoms. The molecule has 0 aliphatic rings. The topological polar surface area (TPSA) is 62.5 Å². The monoisotopic (exact) mass is 285 g/mol. The number of hydrogen-bond donors (Lipinski definition) is 2. The molecular weight excluding hydrogens is 270 g/mol. The fourth-order valence-corrected chi connectivity index (χ4v) is 2.67. The van der Waals surface area contributed by atoms with Crippen LogP contribution in [-0.4, -0.2) is 20.7 Å². The number of rotatable bonds is 7. The number of carboxylic acids is 1. The maximum Gasteiger partial charge on any atom is 0.303 e. The molecule has 4 nitrogen and oxygen atoms in total. The van der Waals surface area contributed by atoms with Crippen LogP contribution in [0.25, 0.3) is 6.08 Å². The Morgan fingerprint density at radius 2 is 2.28 bits per heavy atom. The number of aliphatic carboxylic acids is 1. The molecule has 0 fully saturated rings. The minimum absolute atomic E-state index is 0.0682. The van der Waals surface area contributed by atoms with Gasteiger partial charge in [-0.2, -0.15) is 0 Å². The van der Waals surface area contributed by atoms with Crippen LogP contribution in [0, 0.1) is 3.95 Å². The van der Waals surface area contributed by atoms with Crippen LogP contribution in [-0.2, 0) is 11.3 Å². The molecule has 0 unspecified atom stereocenters. The van der Waals surface area contributed by atoms with Crippen molar-refractivity contribution in [3.63, 3.8) is 0 Å². The minimum atomic E-state index is -0.845. The molecule has 0 bridgehead atoms. The van der Waals surface area contributed by atoms with E-state index >= 15 is 0 Å². The first-order valence-electron chi connectivity index (χ1n) is 5.48. The number of aromatic nitrogens is 1. The van der Waals surface area contributed by atoms with Crippen LogP contribution >= 0.6 is 23.6 Å². The number of carbonyl (C=O) groups is 1. The lowest BCUT2D eigenvalue weighted by atomic mass is 10.3. The lowest BCUT2D eigenvalue weighted by molar-refractivity contribution is -0.137. The van der Waals surface area contributed by atoms with Crippen molar-refractivity contribution in [1.29, 1.82) is 0 Å². The van der Waals surface area contributed by atoms with Crippen LogP contribution in [0.15, 0.2) is 18.7 Å². The maximum atomic E-state index is 10.4. The van der Waals surface area contributed by atoms with E-state index in [-0.39, 0.29) is 12.3 Å². The van der Waals surface area contributed by atoms with Gasteiger partial charge in [-0.15, -0.1) is 17.9 Å². The number of nitrogens with zero attached hydrogens (tertiary/aromatic N) is 1. The first kappa shape index (κ1) is 14.7. The molecule has 0 aliphatic heterocycles. The third-order valence-corrected chi connectivity index (χ3v) is 3.64. The Morgan fingerprint density at radius 1 is 1.56 bits per heavy atom. The summed E-state index contributed by atoms with van der Waals surface area (Å²) in [5, 5.41) is 18.5. The van der Waals surface area contributed by atoms with Gasteiger partial charge in [0.2, 0.25) is 5.88 Å². The molecule has 2 N–H and O–H groups in total. The lowest BCUT2D eigenvalue weighted by Crippen LogP contribution is -2.01. The van der Waals surface area contributed by atoms with Crippen molar-refractivity contribution in [2.24, 2.45) is 0 Å². The highest BCUT2D eigenvalue weighted by molar-refractivity contribution is 7.73. The van der Waals surface area contributed by atoms with Crippen molar-refractivity contribution in [3.8, 4) is 5.88 Å². The number of aromatic hydroxyl groups is 1. The second kappa shape index (κ2) is 7.13. The predicted molar refractivity (Wildman–Crippen MR) is 75.5 cm³/mol. The van der Waals surface area contributed by atoms with Crippen LogP contribution < -0.4 is 0 Å². The number of thiazole rings is 1. The summed E-state index contributed by atoms with van der Waals surface area (Å²) in [4.78, 5) is 11.1. The highest BCUT2D eigenvalue weighted by atomic mass is 32.1. The van der Waals surface area contributed by atoms with E-state index < -0.39 is 5.97 Å². The molecule has 1 rings (SSSR count). The van der Waals surface area contributed by atoms with Gasteiger partial charge in [-0.05, 0) is 31.1 Å². The number of hydrogen-bond acceptors (Lipinski definition) is 4. The van der Waals surface area contributed by atoms with Crippen molar-refractivity contribution in [1.82, 2.24) is 4.57 Å². The normalized spacial score (nSPS) is 10.9. The predicted octanol–water partition coefficient (Wildman–Crippen LogP) is 3.44. The van der Waals surface area contributed by atoms with E-state index in [4.69, 9.17) is 17.3 Å². The summed E-state index contributed by atoms with van der Waals surface area (Å²) in [7, 11) is 0. The van der Waals surface area contributed by atoms with Crippen molar-refractivity contribution in [2.75, 3.05) is 0 Å². The molecule has 0 amide bonds. The van der Waals surface area contributed by atoms with Crippen LogP contribution in [0.5, 0.6) is 5.88 Å². The molecule has 0 saturated heterocycles. The summed E-state index contributed by atoms with van der Waals surface area (Å²) in [6, 6.07) is 0. The zero-order valence-electron chi connectivity index (χ0n) is 9.83. The quantitative estimate of drug-likeness (QED) is 0.595. The summed E-state index contributed by atoms with van der Waals surface area (Å²) in [6.45, 7) is 4.02. The maximum absolute atomic E-state index is 10.4. The Kier molecular flexibility index (Phi) is 5.80. The number of allylic oxidation sites excluding steroid dienone is 2. The molecule has 0 aromatic carbocycles. The zero-order chi connectivity index (χ0) is 13.5. The van der Waals surface area contributed by atoms with Gasteiger partial charge in [0.15, 0.2) is 3.95 Å². The summed E-state index contributed by atoms with van der Waals surface area (Å²) < 4.78 is 2.12. The zero-order valence-corrected chi connectivity index (χ0v) is 11.5. The molecule has 6 heteroatoms. The largest absolute Gasteiger partial charge is 0.493 e. The second-order valence-corrected chi connectivity index (χ2v) is 5.31. The third-order valence-electron chi connectivity index (χ3n) is 2.24. The fourth-order valence-electron chi connectivity index (χ4n) is 1.38. The molecule has 1 heterocycles. The van der Waals surface area contributed by atoms with Crippen LogP contribution in [0.3, 0.4) is 0 Å². The van der Waals surface area contributed by atoms with Crippen LogP contribution in [0.4, 0.5) is 0 Å². The molecule has 0 aliphatic carbocycles. The van der Waals surface area contributed by atoms with E-state index in [1.165, 1.54) is 11.3 Å². The van der Waals surface area contributed by atoms with Gasteiger partial charge in [-0.25, -0.2) is 0 Å². The fraction of sp³-hybridized carbons (Fsp3) is 0.333. The van der Waals surface area contributed by atoms with Crippen LogP contribution in [0.1, 0.15) is 24.1 Å². The highest BCUT2D eigenvalue weighted by Crippen LogP contribution is 2.27. The molecule has 98 valence electrons. The third kappa shape index (κ3) is 4.12. The summed E-state index contributed by atoms with van der Waals surface area (Å²) >= 11 is 6.45. The minimum Gasteiger partial charge on any atom is -0.493 e. The van der Waals surface area contributed by atoms with E-state index in [0.29, 0.717) is 21.8 Å². The van der Waals surface area contributed by atoms with E-state index in [9.17, 15) is 9.90 Å². The van der Waals surface area contributed by atoms with E-state index in [1.54, 1.807) is 16.7 Å². The summed E-state index contributed by atoms with van der Waals surface area (Å²) in [5.41, 5.74) is 0. The summed E-state index contributed by atoms with van der Waals surface area (Å²) in [5.74, 6) is -0.738. The van der Waals surface area contributed by atoms with Crippen molar-refractivity contribution >= 4 is 35.6 Å². The van der Waals surface area contributed by atoms with E-state index in [2.05, 4.69) is 6.58 Å². The Bertz CT molecular complexity index is 514. The van der Waals surface area contributed by atoms with E-state index in [0.717, 1.165) is 6.42 Å². The Hall–Kier alpha value is -1.40. The smallest absolute Gasteiger partial charge is 0.303 e. The molecule has 1 aromatic heterocycles. The molecule has 0 spiro atoms. The van der Waals surface area contributed by atoms with Gasteiger partial charge in [0, 0.05) is 13.0 Å². The average Bonchev–Trinajstić information content (AvgIpc) is 2.56. The van der Waals surface area contributed by atoms with Gasteiger partial charge >= 0.3 is 5.97 Å². The van der Waals surface area contributed by atoms with Crippen molar-refractivity contribution in [3.05, 3.63) is 27.6 Å². The lowest BCUT2D eigenvalue weighted by Gasteiger charge is -2.02. The van der Waals surface area contributed by atoms with Gasteiger partial charge in [-0.1, -0.05) is 12.2 Å². The van der Waals surface area contributed by atoms with Gasteiger partial charge in [0.05, 0.1) is 4.88 Å². The Balaban J connectivity index is 2.77. The number of carboxylic acid groups (broad SMARTS) is 1. The Morgan fingerprint density at radius 3 is 2.89 bits per heavy atom. The molecular formula is C12H15NO3S2.